The first-order valence-electron chi connectivity index (χ1n) is 23.8. The van der Waals surface area contributed by atoms with Crippen molar-refractivity contribution in [1.82, 2.24) is 10.6 Å². The average Bonchev–Trinajstić information content (AvgIpc) is 3.43. The number of hydrogen-bond donors (Lipinski definition) is 20. The molecule has 6 saturated heterocycles. The zero-order chi connectivity index (χ0) is 58.0. The van der Waals surface area contributed by atoms with Crippen LogP contribution in [0.25, 0.3) is 0 Å². The molecule has 0 aromatic carbocycles. The minimum atomic E-state index is -5.53. The fourth-order valence-corrected chi connectivity index (χ4v) is 10.0. The average molecular weight is 1170 g/mol. The number of carboxylic acids is 1. The summed E-state index contributed by atoms with van der Waals surface area (Å²) in [4.78, 5) is 37.5. The van der Waals surface area contributed by atoms with Gasteiger partial charge in [0.25, 0.3) is 0 Å². The van der Waals surface area contributed by atoms with Gasteiger partial charge >= 0.3 is 16.4 Å². The van der Waals surface area contributed by atoms with E-state index >= 15 is 0 Å². The molecule has 0 aliphatic carbocycles. The molecule has 0 aromatic heterocycles. The van der Waals surface area contributed by atoms with Crippen molar-refractivity contribution in [2.24, 2.45) is 0 Å². The van der Waals surface area contributed by atoms with Gasteiger partial charge in [-0.2, -0.15) is 8.42 Å². The highest BCUT2D eigenvalue weighted by molar-refractivity contribution is 7.80. The number of hydrogen-bond acceptors (Lipinski definition) is 33. The minimum Gasteiger partial charge on any atom is -0.479 e. The van der Waals surface area contributed by atoms with Gasteiger partial charge in [0.05, 0.1) is 33.0 Å². The molecular weight excluding hydrogens is 1100 g/mol. The molecule has 6 aliphatic rings. The molecule has 6 heterocycles. The van der Waals surface area contributed by atoms with Crippen LogP contribution in [0.2, 0.25) is 0 Å². The topological polar surface area (TPSA) is 584 Å². The molecule has 0 aromatic rings. The van der Waals surface area contributed by atoms with E-state index in [1.807, 2.05) is 0 Å². The quantitative estimate of drug-likeness (QED) is 0.0503. The lowest BCUT2D eigenvalue weighted by Crippen LogP contribution is -2.71. The van der Waals surface area contributed by atoms with E-state index in [9.17, 15) is 114 Å². The third kappa shape index (κ3) is 14.2. The van der Waals surface area contributed by atoms with Crippen LogP contribution in [0, 0.1) is 0 Å². The van der Waals surface area contributed by atoms with E-state index in [-0.39, 0.29) is 0 Å². The van der Waals surface area contributed by atoms with Gasteiger partial charge in [0.15, 0.2) is 43.8 Å². The number of carbonyl (C=O) groups is 3. The Morgan fingerprint density at radius 2 is 0.769 bits per heavy atom. The molecule has 0 spiro atoms. The van der Waals surface area contributed by atoms with E-state index in [4.69, 9.17) is 52.1 Å². The summed E-state index contributed by atoms with van der Waals surface area (Å²) in [5, 5.41) is 187. The van der Waals surface area contributed by atoms with Gasteiger partial charge in [0.1, 0.15) is 140 Å². The third-order valence-electron chi connectivity index (χ3n) is 13.4. The van der Waals surface area contributed by atoms with Crippen molar-refractivity contribution >= 4 is 28.2 Å². The number of aliphatic hydroxyl groups excluding tert-OH is 16. The van der Waals surface area contributed by atoms with Crippen LogP contribution in [-0.4, -0.2) is 335 Å². The van der Waals surface area contributed by atoms with Crippen molar-refractivity contribution < 1.29 is 170 Å². The summed E-state index contributed by atoms with van der Waals surface area (Å²) in [6.45, 7) is -3.40. The normalized spacial score (nSPS) is 47.5. The van der Waals surface area contributed by atoms with Crippen LogP contribution in [0.1, 0.15) is 13.8 Å². The summed E-state index contributed by atoms with van der Waals surface area (Å²) in [5.41, 5.74) is 0. The number of amides is 2. The van der Waals surface area contributed by atoms with Crippen molar-refractivity contribution in [1.29, 1.82) is 0 Å². The molecule has 6 aliphatic heterocycles. The molecule has 78 heavy (non-hydrogen) atoms. The van der Waals surface area contributed by atoms with E-state index in [2.05, 4.69) is 14.8 Å². The number of rotatable bonds is 20. The molecule has 2 amide bonds. The standard InChI is InChI=1S/C40H66N2O35S/c1-8(48)41-15-20(53)27(71-38-25(58)31(19(52)12(5-45)68-38)75-40-26(59)32(77-78(63,64)65)23(56)33(76-40)34(60)61)14(7-47)70-36(15)73-29-16(42-9(2)49)37(67-10(3-43)17(29)50)74-30-18(51)11(4-44)69-39(24(30)57)72-28-13(6-46)66-35(62)22(55)21(28)54/h10-33,35-40,43-47,50-59,62H,3-7H2,1-2H3,(H,41,48)(H,42,49)(H,60,61)(H,63,64,65)/t10-,11-,12-,13-,14-,15-,16-,17+,18+,19+,20-,21-,22-,23+,24-,25-,26-,27-,28-,29-,30+,31+,32+,33+,35-,36+,37+,38+,39+,40-/m1/s1. The lowest BCUT2D eigenvalue weighted by molar-refractivity contribution is -0.383. The van der Waals surface area contributed by atoms with Crippen molar-refractivity contribution in [2.75, 3.05) is 33.0 Å². The van der Waals surface area contributed by atoms with Gasteiger partial charge in [0, 0.05) is 13.8 Å². The fourth-order valence-electron chi connectivity index (χ4n) is 9.54. The summed E-state index contributed by atoms with van der Waals surface area (Å²) < 4.78 is 98.5. The third-order valence-corrected chi connectivity index (χ3v) is 13.9. The smallest absolute Gasteiger partial charge is 0.397 e. The van der Waals surface area contributed by atoms with Gasteiger partial charge in [-0.25, -0.2) is 8.98 Å². The second kappa shape index (κ2) is 27.1. The number of aliphatic hydroxyl groups is 16. The van der Waals surface area contributed by atoms with Gasteiger partial charge < -0.3 is 150 Å². The van der Waals surface area contributed by atoms with Crippen LogP contribution >= 0.6 is 0 Å². The summed E-state index contributed by atoms with van der Waals surface area (Å²) in [6, 6.07) is -3.75. The Kier molecular flexibility index (Phi) is 22.3. The molecule has 37 nitrogen and oxygen atoms in total. The zero-order valence-corrected chi connectivity index (χ0v) is 41.6. The van der Waals surface area contributed by atoms with Gasteiger partial charge in [-0.3, -0.25) is 14.1 Å². The number of aliphatic carboxylic acids is 1. The lowest BCUT2D eigenvalue weighted by atomic mass is 9.93. The van der Waals surface area contributed by atoms with Crippen LogP contribution in [0.5, 0.6) is 0 Å². The molecule has 20 N–H and O–H groups in total. The second-order valence-corrected chi connectivity index (χ2v) is 19.8. The fraction of sp³-hybridized carbons (Fsp3) is 0.925. The van der Waals surface area contributed by atoms with Crippen LogP contribution in [0.15, 0.2) is 0 Å². The first-order chi connectivity index (χ1) is 36.6. The second-order valence-electron chi connectivity index (χ2n) is 18.8. The zero-order valence-electron chi connectivity index (χ0n) is 40.8. The van der Waals surface area contributed by atoms with Gasteiger partial charge in [0.2, 0.25) is 11.8 Å². The molecule has 30 atom stereocenters. The first kappa shape index (κ1) is 64.4. The van der Waals surface area contributed by atoms with Crippen LogP contribution in [0.3, 0.4) is 0 Å². The van der Waals surface area contributed by atoms with E-state index in [0.29, 0.717) is 0 Å². The number of carbonyl (C=O) groups excluding carboxylic acids is 2. The molecule has 0 saturated carbocycles. The molecule has 0 radical (unpaired) electrons. The van der Waals surface area contributed by atoms with E-state index in [0.717, 1.165) is 13.8 Å². The van der Waals surface area contributed by atoms with Crippen LogP contribution in [0.4, 0.5) is 0 Å². The maximum absolute atomic E-state index is 12.8. The number of carboxylic acid groups (broad SMARTS) is 1. The van der Waals surface area contributed by atoms with Crippen LogP contribution < -0.4 is 10.6 Å². The maximum atomic E-state index is 12.8. The molecule has 6 fully saturated rings. The predicted molar refractivity (Wildman–Crippen MR) is 233 cm³/mol. The monoisotopic (exact) mass is 1170 g/mol. The van der Waals surface area contributed by atoms with Gasteiger partial charge in [-0.05, 0) is 0 Å². The predicted octanol–water partition coefficient (Wildman–Crippen LogP) is -13.9. The van der Waals surface area contributed by atoms with Crippen molar-refractivity contribution in [3.63, 3.8) is 0 Å². The van der Waals surface area contributed by atoms with Crippen LogP contribution in [-0.2, 0) is 81.1 Å². The highest BCUT2D eigenvalue weighted by Crippen LogP contribution is 2.37. The molecule has 0 unspecified atom stereocenters. The van der Waals surface area contributed by atoms with Crippen molar-refractivity contribution in [3.8, 4) is 0 Å². The highest BCUT2D eigenvalue weighted by atomic mass is 32.3. The van der Waals surface area contributed by atoms with E-state index in [1.54, 1.807) is 0 Å². The Bertz CT molecular complexity index is 2090. The van der Waals surface area contributed by atoms with Crippen molar-refractivity contribution in [3.05, 3.63) is 0 Å². The van der Waals surface area contributed by atoms with E-state index in [1.165, 1.54) is 0 Å². The summed E-state index contributed by atoms with van der Waals surface area (Å²) in [6.07, 6.45) is -58.6. The Hall–Kier alpha value is -2.80. The molecule has 0 bridgehead atoms. The number of ether oxygens (including phenoxy) is 11. The number of nitrogens with one attached hydrogen (secondary N) is 2. The SMILES string of the molecule is CC(=O)N[C@H]1[C@H](O[C@H]2[C@@H](O)[C@@H](CO)O[C@@H](O[C@H]3[C@@H](O)[C@@H](CO)O[C@@H](O[C@H]4[C@H](O)[C@@H](O)[C@H](O)O[C@@H]4CO)[C@@H]3O)[C@@H]2NC(C)=O)O[C@H](CO)[C@@H](O[C@@H]2O[C@H](CO)[C@H](O)[C@H](O[C@@H]3O[C@H](C(=O)O)[C@@H](O)[C@H](OS(=O)(=O)O)[C@H]3O)[C@H]2O)[C@@H]1O. The first-order valence-corrected chi connectivity index (χ1v) is 25.1. The lowest BCUT2D eigenvalue weighted by Gasteiger charge is -2.51. The Morgan fingerprint density at radius 3 is 1.23 bits per heavy atom. The summed E-state index contributed by atoms with van der Waals surface area (Å²) in [5.74, 6) is -3.84. The summed E-state index contributed by atoms with van der Waals surface area (Å²) >= 11 is 0. The minimum absolute atomic E-state index is 0.913. The highest BCUT2D eigenvalue weighted by Gasteiger charge is 2.59. The molecule has 38 heteroatoms. The van der Waals surface area contributed by atoms with Crippen molar-refractivity contribution in [2.45, 2.75) is 198 Å². The van der Waals surface area contributed by atoms with Gasteiger partial charge in [-0.1, -0.05) is 0 Å². The Balaban J connectivity index is 1.25. The molecule has 452 valence electrons. The maximum Gasteiger partial charge on any atom is 0.397 e. The summed E-state index contributed by atoms with van der Waals surface area (Å²) in [7, 11) is -5.53. The Labute approximate surface area is 439 Å². The Morgan fingerprint density at radius 1 is 0.410 bits per heavy atom. The van der Waals surface area contributed by atoms with Gasteiger partial charge in [-0.15, -0.1) is 0 Å². The van der Waals surface area contributed by atoms with E-state index < -0.39 is 245 Å². The molecule has 6 rings (SSSR count). The molecular formula is C40H66N2O35S. The largest absolute Gasteiger partial charge is 0.479 e.